The van der Waals surface area contributed by atoms with Crippen LogP contribution in [0.5, 0.6) is 0 Å². The summed E-state index contributed by atoms with van der Waals surface area (Å²) in [6.45, 7) is 0. The molecule has 0 bridgehead atoms. The van der Waals surface area contributed by atoms with Gasteiger partial charge in [0.2, 0.25) is 0 Å². The van der Waals surface area contributed by atoms with Crippen LogP contribution in [0.3, 0.4) is 0 Å². The van der Waals surface area contributed by atoms with E-state index < -0.39 is 0 Å². The van der Waals surface area contributed by atoms with Crippen LogP contribution in [0.4, 0.5) is 0 Å². The van der Waals surface area contributed by atoms with Crippen LogP contribution in [0.15, 0.2) is 291 Å². The van der Waals surface area contributed by atoms with E-state index >= 15 is 0 Å². The Balaban J connectivity index is 0.981. The van der Waals surface area contributed by atoms with Gasteiger partial charge in [0, 0.05) is 82.3 Å². The molecular formula is C76H48N6. The maximum Gasteiger partial charge on any atom is 0.160 e. The van der Waals surface area contributed by atoms with Gasteiger partial charge in [-0.05, 0) is 103 Å². The highest BCUT2D eigenvalue weighted by atomic mass is 15.0. The molecule has 82 heavy (non-hydrogen) atoms. The molecule has 0 saturated carbocycles. The van der Waals surface area contributed by atoms with Crippen LogP contribution in [0, 0.1) is 0 Å². The number of hydrogen-bond donors (Lipinski definition) is 0. The summed E-state index contributed by atoms with van der Waals surface area (Å²) in [6.07, 6.45) is 0. The highest BCUT2D eigenvalue weighted by Gasteiger charge is 2.25. The van der Waals surface area contributed by atoms with Crippen molar-refractivity contribution < 1.29 is 0 Å². The molecule has 17 aromatic rings. The maximum absolute atomic E-state index is 5.43. The number of benzene rings is 12. The molecule has 0 N–H and O–H groups in total. The number of nitrogens with zero attached hydrogens (tertiary/aromatic N) is 6. The molecule has 6 nitrogen and oxygen atoms in total. The number of para-hydroxylation sites is 7. The number of rotatable bonds is 8. The van der Waals surface area contributed by atoms with Crippen molar-refractivity contribution in [2.45, 2.75) is 0 Å². The summed E-state index contributed by atoms with van der Waals surface area (Å²) in [4.78, 5) is 10.9. The number of fused-ring (bicyclic) bond motifs is 12. The monoisotopic (exact) mass is 1040 g/mol. The second-order valence-corrected chi connectivity index (χ2v) is 21.3. The highest BCUT2D eigenvalue weighted by molar-refractivity contribution is 6.21. The van der Waals surface area contributed by atoms with Gasteiger partial charge in [-0.1, -0.05) is 188 Å². The minimum Gasteiger partial charge on any atom is -0.309 e. The molecule has 382 valence electrons. The molecule has 6 heteroatoms. The maximum atomic E-state index is 5.43. The predicted octanol–water partition coefficient (Wildman–Crippen LogP) is 19.5. The fourth-order valence-corrected chi connectivity index (χ4v) is 13.2. The number of hydrogen-bond acceptors (Lipinski definition) is 2. The van der Waals surface area contributed by atoms with E-state index in [2.05, 4.69) is 309 Å². The Kier molecular flexibility index (Phi) is 10.2. The third kappa shape index (κ3) is 7.01. The zero-order valence-corrected chi connectivity index (χ0v) is 44.4. The summed E-state index contributed by atoms with van der Waals surface area (Å²) in [7, 11) is 0. The molecule has 0 amide bonds. The van der Waals surface area contributed by atoms with E-state index in [1.807, 2.05) is 0 Å². The molecule has 0 radical (unpaired) electrons. The van der Waals surface area contributed by atoms with E-state index in [0.29, 0.717) is 5.82 Å². The molecule has 0 saturated heterocycles. The molecule has 5 aromatic heterocycles. The molecule has 0 fully saturated rings. The summed E-state index contributed by atoms with van der Waals surface area (Å²) < 4.78 is 9.83. The van der Waals surface area contributed by atoms with Gasteiger partial charge in [-0.2, -0.15) is 0 Å². The van der Waals surface area contributed by atoms with Crippen LogP contribution in [0.25, 0.3) is 155 Å². The van der Waals surface area contributed by atoms with E-state index in [4.69, 9.17) is 9.97 Å². The Hall–Kier alpha value is -11.1. The molecule has 0 aliphatic carbocycles. The fraction of sp³-hybridized carbons (Fsp3) is 0. The molecular weight excluding hydrogens is 997 g/mol. The zero-order valence-electron chi connectivity index (χ0n) is 44.4. The summed E-state index contributed by atoms with van der Waals surface area (Å²) >= 11 is 0. The summed E-state index contributed by atoms with van der Waals surface area (Å²) in [5, 5.41) is 9.65. The molecule has 17 rings (SSSR count). The van der Waals surface area contributed by atoms with Crippen molar-refractivity contribution in [3.05, 3.63) is 291 Å². The quantitative estimate of drug-likeness (QED) is 0.152. The van der Waals surface area contributed by atoms with E-state index in [-0.39, 0.29) is 0 Å². The summed E-state index contributed by atoms with van der Waals surface area (Å²) in [5.74, 6) is 0.648. The van der Waals surface area contributed by atoms with Crippen molar-refractivity contribution in [1.82, 2.24) is 28.2 Å². The van der Waals surface area contributed by atoms with Crippen molar-refractivity contribution in [3.8, 4) is 67.8 Å². The Labute approximate surface area is 471 Å². The first-order valence-corrected chi connectivity index (χ1v) is 28.0. The fourth-order valence-electron chi connectivity index (χ4n) is 13.2. The van der Waals surface area contributed by atoms with E-state index in [1.54, 1.807) is 0 Å². The summed E-state index contributed by atoms with van der Waals surface area (Å²) in [5.41, 5.74) is 20.3. The second-order valence-electron chi connectivity index (χ2n) is 21.3. The van der Waals surface area contributed by atoms with Crippen molar-refractivity contribution >= 4 is 87.2 Å². The van der Waals surface area contributed by atoms with Gasteiger partial charge in [-0.3, -0.25) is 0 Å². The van der Waals surface area contributed by atoms with Crippen molar-refractivity contribution in [2.75, 3.05) is 0 Å². The van der Waals surface area contributed by atoms with Gasteiger partial charge in [0.25, 0.3) is 0 Å². The lowest BCUT2D eigenvalue weighted by Gasteiger charge is -2.20. The van der Waals surface area contributed by atoms with E-state index in [1.165, 1.54) is 54.1 Å². The lowest BCUT2D eigenvalue weighted by molar-refractivity contribution is 1.15. The van der Waals surface area contributed by atoms with Crippen molar-refractivity contribution in [3.63, 3.8) is 0 Å². The van der Waals surface area contributed by atoms with Crippen LogP contribution in [0.2, 0.25) is 0 Å². The normalized spacial score (nSPS) is 11.9. The third-order valence-corrected chi connectivity index (χ3v) is 16.8. The summed E-state index contributed by atoms with van der Waals surface area (Å²) in [6, 6.07) is 105. The molecule has 0 aliphatic heterocycles. The van der Waals surface area contributed by atoms with Gasteiger partial charge in [-0.15, -0.1) is 0 Å². The van der Waals surface area contributed by atoms with Gasteiger partial charge in [0.15, 0.2) is 5.82 Å². The Morgan fingerprint density at radius 1 is 0.207 bits per heavy atom. The predicted molar refractivity (Wildman–Crippen MR) is 341 cm³/mol. The lowest BCUT2D eigenvalue weighted by atomic mass is 9.97. The second kappa shape index (κ2) is 18.2. The zero-order chi connectivity index (χ0) is 53.8. The van der Waals surface area contributed by atoms with Crippen LogP contribution in [0.1, 0.15) is 0 Å². The largest absolute Gasteiger partial charge is 0.309 e. The average Bonchev–Trinajstić information content (AvgIpc) is 4.02. The van der Waals surface area contributed by atoms with E-state index in [0.717, 1.165) is 95.1 Å². The first-order valence-electron chi connectivity index (χ1n) is 28.0. The van der Waals surface area contributed by atoms with Gasteiger partial charge >= 0.3 is 0 Å². The van der Waals surface area contributed by atoms with Crippen LogP contribution < -0.4 is 0 Å². The smallest absolute Gasteiger partial charge is 0.160 e. The van der Waals surface area contributed by atoms with Crippen LogP contribution >= 0.6 is 0 Å². The average molecular weight is 1050 g/mol. The van der Waals surface area contributed by atoms with Gasteiger partial charge < -0.3 is 18.3 Å². The standard InChI is InChI=1S/C76H48N6/c1-5-23-49(24-6-1)64-46-65(50-25-7-2-8-26-50)78-76(77-64)51-41-42-71(82-70-40-22-17-35-58(70)63-45-61-56-33-14-19-37-67(56)80(73(61)48-75(63)82)53-29-11-4-12-30-53)59(43-51)54-31-15-20-38-68(54)81-69-39-21-16-34-57(69)62-44-60-55-32-13-18-36-66(55)79(72(60)47-74(62)81)52-27-9-3-10-28-52/h1-48H. The van der Waals surface area contributed by atoms with Crippen molar-refractivity contribution in [2.24, 2.45) is 0 Å². The first kappa shape index (κ1) is 45.9. The molecule has 0 aliphatic rings. The van der Waals surface area contributed by atoms with Gasteiger partial charge in [-0.25, -0.2) is 9.97 Å². The third-order valence-electron chi connectivity index (χ3n) is 16.8. The van der Waals surface area contributed by atoms with Gasteiger partial charge in [0.05, 0.1) is 66.9 Å². The first-order chi connectivity index (χ1) is 40.7. The Morgan fingerprint density at radius 3 is 1.01 bits per heavy atom. The lowest BCUT2D eigenvalue weighted by Crippen LogP contribution is -2.03. The van der Waals surface area contributed by atoms with Crippen LogP contribution in [-0.2, 0) is 0 Å². The van der Waals surface area contributed by atoms with Gasteiger partial charge in [0.1, 0.15) is 0 Å². The minimum absolute atomic E-state index is 0.648. The molecule has 5 heterocycles. The molecule has 12 aromatic carbocycles. The molecule has 0 unspecified atom stereocenters. The van der Waals surface area contributed by atoms with Crippen LogP contribution in [-0.4, -0.2) is 28.2 Å². The highest BCUT2D eigenvalue weighted by Crippen LogP contribution is 2.46. The number of aromatic nitrogens is 6. The Bertz CT molecular complexity index is 5320. The van der Waals surface area contributed by atoms with E-state index in [9.17, 15) is 0 Å². The Morgan fingerprint density at radius 2 is 0.561 bits per heavy atom. The molecule has 0 spiro atoms. The molecule has 0 atom stereocenters. The van der Waals surface area contributed by atoms with Crippen molar-refractivity contribution in [1.29, 1.82) is 0 Å². The topological polar surface area (TPSA) is 45.5 Å². The minimum atomic E-state index is 0.648. The SMILES string of the molecule is c1ccc(-c2cc(-c3ccccc3)nc(-c3ccc(-n4c5ccccc5c5cc6c7ccccc7n(-c7ccccc7)c6cc54)c(-c4ccccc4-n4c5ccccc5c5cc6c7ccccc7n(-c7ccccc7)c6cc54)c3)n2)cc1.